The minimum Gasteiger partial charge on any atom is -0.455 e. The molecule has 3 aromatic rings. The van der Waals surface area contributed by atoms with Gasteiger partial charge in [0.1, 0.15) is 11.5 Å². The Balaban J connectivity index is 1.53. The molecule has 0 unspecified atom stereocenters. The molecule has 3 rings (SSSR count). The number of amides is 1. The average Bonchev–Trinajstić information content (AvgIpc) is 3.13. The van der Waals surface area contributed by atoms with Crippen LogP contribution in [0.1, 0.15) is 27.4 Å². The molecule has 0 aliphatic carbocycles. The summed E-state index contributed by atoms with van der Waals surface area (Å²) in [7, 11) is -3.45. The number of hydrogen-bond acceptors (Lipinski definition) is 4. The maximum absolute atomic E-state index is 12.4. The highest BCUT2D eigenvalue weighted by molar-refractivity contribution is 7.89. The summed E-state index contributed by atoms with van der Waals surface area (Å²) in [5.74, 6) is -0.499. The zero-order valence-corrected chi connectivity index (χ0v) is 17.7. The minimum atomic E-state index is -3.45. The van der Waals surface area contributed by atoms with Gasteiger partial charge in [0.05, 0.1) is 5.75 Å². The van der Waals surface area contributed by atoms with Gasteiger partial charge in [-0.3, -0.25) is 4.79 Å². The molecule has 1 N–H and O–H groups in total. The first-order valence-electron chi connectivity index (χ1n) is 8.87. The van der Waals surface area contributed by atoms with Crippen LogP contribution in [0.3, 0.4) is 0 Å². The summed E-state index contributed by atoms with van der Waals surface area (Å²) >= 11 is 11.7. The molecule has 2 aromatic carbocycles. The van der Waals surface area contributed by atoms with Gasteiger partial charge in [0.15, 0.2) is 15.6 Å². The number of carbonyl (C=O) groups excluding carboxylic acids is 1. The fourth-order valence-corrected chi connectivity index (χ4v) is 4.38. The van der Waals surface area contributed by atoms with Gasteiger partial charge in [-0.25, -0.2) is 8.42 Å². The number of carbonyl (C=O) groups is 1. The molecule has 152 valence electrons. The van der Waals surface area contributed by atoms with Crippen LogP contribution >= 0.6 is 23.2 Å². The molecule has 0 bridgehead atoms. The Labute approximate surface area is 179 Å². The molecule has 8 heteroatoms. The maximum atomic E-state index is 12.4. The summed E-state index contributed by atoms with van der Waals surface area (Å²) in [5, 5.41) is 3.96. The molecule has 0 fully saturated rings. The molecule has 0 radical (unpaired) electrons. The van der Waals surface area contributed by atoms with E-state index < -0.39 is 9.84 Å². The van der Waals surface area contributed by atoms with E-state index >= 15 is 0 Å². The molecular weight excluding hydrogens is 433 g/mol. The Morgan fingerprint density at radius 1 is 0.828 bits per heavy atom. The first kappa shape index (κ1) is 21.4. The Morgan fingerprint density at radius 3 is 2.03 bits per heavy atom. The smallest absolute Gasteiger partial charge is 0.287 e. The van der Waals surface area contributed by atoms with Crippen molar-refractivity contribution in [2.75, 3.05) is 6.54 Å². The number of rotatable bonds is 8. The molecule has 0 atom stereocenters. The summed E-state index contributed by atoms with van der Waals surface area (Å²) in [6, 6.07) is 17.0. The van der Waals surface area contributed by atoms with Crippen LogP contribution in [-0.2, 0) is 27.8 Å². The average molecular weight is 452 g/mol. The predicted octanol–water partition coefficient (Wildman–Crippen LogP) is 4.67. The Morgan fingerprint density at radius 2 is 1.41 bits per heavy atom. The third kappa shape index (κ3) is 6.63. The van der Waals surface area contributed by atoms with Crippen LogP contribution in [0.15, 0.2) is 65.1 Å². The van der Waals surface area contributed by atoms with Gasteiger partial charge >= 0.3 is 0 Å². The Hall–Kier alpha value is -2.28. The van der Waals surface area contributed by atoms with Gasteiger partial charge in [-0.05, 0) is 53.9 Å². The van der Waals surface area contributed by atoms with Crippen molar-refractivity contribution < 1.29 is 17.6 Å². The number of nitrogens with one attached hydrogen (secondary N) is 1. The van der Waals surface area contributed by atoms with Crippen molar-refractivity contribution in [3.05, 3.63) is 93.4 Å². The highest BCUT2D eigenvalue weighted by Gasteiger charge is 2.18. The monoisotopic (exact) mass is 451 g/mol. The first-order chi connectivity index (χ1) is 13.8. The van der Waals surface area contributed by atoms with E-state index in [2.05, 4.69) is 5.32 Å². The molecule has 29 heavy (non-hydrogen) atoms. The van der Waals surface area contributed by atoms with Crippen molar-refractivity contribution >= 4 is 38.9 Å². The van der Waals surface area contributed by atoms with Gasteiger partial charge in [-0.1, -0.05) is 47.5 Å². The number of halogens is 2. The maximum Gasteiger partial charge on any atom is 0.287 e. The van der Waals surface area contributed by atoms with Crippen LogP contribution in [0.4, 0.5) is 0 Å². The summed E-state index contributed by atoms with van der Waals surface area (Å²) in [6.45, 7) is 0.422. The van der Waals surface area contributed by atoms with Gasteiger partial charge in [0.25, 0.3) is 5.91 Å². The number of benzene rings is 2. The second kappa shape index (κ2) is 9.48. The summed E-state index contributed by atoms with van der Waals surface area (Å²) in [6.07, 6.45) is 0.645. The van der Waals surface area contributed by atoms with Crippen molar-refractivity contribution in [3.63, 3.8) is 0 Å². The molecular formula is C21H19Cl2NO4S. The van der Waals surface area contributed by atoms with Crippen molar-refractivity contribution in [1.29, 1.82) is 0 Å². The normalized spacial score (nSPS) is 11.4. The highest BCUT2D eigenvalue weighted by Crippen LogP contribution is 2.17. The van der Waals surface area contributed by atoms with Crippen molar-refractivity contribution in [1.82, 2.24) is 5.32 Å². The van der Waals surface area contributed by atoms with E-state index in [9.17, 15) is 13.2 Å². The van der Waals surface area contributed by atoms with Gasteiger partial charge in [0, 0.05) is 16.6 Å². The van der Waals surface area contributed by atoms with E-state index in [0.717, 1.165) is 5.56 Å². The quantitative estimate of drug-likeness (QED) is 0.539. The van der Waals surface area contributed by atoms with Crippen molar-refractivity contribution in [2.24, 2.45) is 0 Å². The summed E-state index contributed by atoms with van der Waals surface area (Å²) in [5.41, 5.74) is 1.68. The number of furan rings is 1. The van der Waals surface area contributed by atoms with Crippen LogP contribution in [-0.4, -0.2) is 20.9 Å². The van der Waals surface area contributed by atoms with E-state index in [4.69, 9.17) is 27.6 Å². The van der Waals surface area contributed by atoms with Crippen molar-refractivity contribution in [2.45, 2.75) is 17.9 Å². The molecule has 0 saturated heterocycles. The largest absolute Gasteiger partial charge is 0.455 e. The lowest BCUT2D eigenvalue weighted by Gasteiger charge is -2.05. The van der Waals surface area contributed by atoms with E-state index in [-0.39, 0.29) is 28.9 Å². The molecule has 0 aliphatic rings. The van der Waals surface area contributed by atoms with Crippen LogP contribution in [0.5, 0.6) is 0 Å². The third-order valence-electron chi connectivity index (χ3n) is 4.16. The first-order valence-corrected chi connectivity index (χ1v) is 11.4. The molecule has 1 heterocycles. The SMILES string of the molecule is O=C(NCCc1ccc(Cl)cc1)c1ccc(CS(=O)(=O)Cc2ccc(Cl)cc2)o1. The van der Waals surface area contributed by atoms with Gasteiger partial charge in [0.2, 0.25) is 0 Å². The highest BCUT2D eigenvalue weighted by atomic mass is 35.5. The second-order valence-electron chi connectivity index (χ2n) is 6.56. The molecule has 0 spiro atoms. The zero-order valence-electron chi connectivity index (χ0n) is 15.4. The van der Waals surface area contributed by atoms with Crippen LogP contribution < -0.4 is 5.32 Å². The number of hydrogen-bond donors (Lipinski definition) is 1. The Kier molecular flexibility index (Phi) is 7.00. The molecule has 0 saturated carbocycles. The zero-order chi connectivity index (χ0) is 20.9. The lowest BCUT2D eigenvalue weighted by molar-refractivity contribution is 0.0925. The molecule has 1 aromatic heterocycles. The molecule has 0 aliphatic heterocycles. The van der Waals surface area contributed by atoms with Crippen LogP contribution in [0.2, 0.25) is 10.0 Å². The van der Waals surface area contributed by atoms with E-state index in [1.807, 2.05) is 12.1 Å². The van der Waals surface area contributed by atoms with E-state index in [0.29, 0.717) is 28.6 Å². The number of sulfone groups is 1. The van der Waals surface area contributed by atoms with Gasteiger partial charge in [-0.2, -0.15) is 0 Å². The topological polar surface area (TPSA) is 76.4 Å². The second-order valence-corrected chi connectivity index (χ2v) is 9.49. The fourth-order valence-electron chi connectivity index (χ4n) is 2.74. The lowest BCUT2D eigenvalue weighted by atomic mass is 10.1. The van der Waals surface area contributed by atoms with E-state index in [1.54, 1.807) is 36.4 Å². The standard InChI is InChI=1S/C21H19Cl2NO4S/c22-17-5-1-15(2-6-17)11-12-24-21(25)20-10-9-19(28-20)14-29(26,27)13-16-3-7-18(23)8-4-16/h1-10H,11-14H2,(H,24,25). The molecule has 5 nitrogen and oxygen atoms in total. The fraction of sp³-hybridized carbons (Fsp3) is 0.190. The lowest BCUT2D eigenvalue weighted by Crippen LogP contribution is -2.25. The van der Waals surface area contributed by atoms with E-state index in [1.165, 1.54) is 12.1 Å². The van der Waals surface area contributed by atoms with Crippen LogP contribution in [0.25, 0.3) is 0 Å². The van der Waals surface area contributed by atoms with Gasteiger partial charge < -0.3 is 9.73 Å². The summed E-state index contributed by atoms with van der Waals surface area (Å²) in [4.78, 5) is 12.2. The Bertz CT molecular complexity index is 1070. The van der Waals surface area contributed by atoms with Crippen LogP contribution in [0, 0.1) is 0 Å². The molecule has 1 amide bonds. The minimum absolute atomic E-state index is 0.0813. The third-order valence-corrected chi connectivity index (χ3v) is 6.16. The van der Waals surface area contributed by atoms with Gasteiger partial charge in [-0.15, -0.1) is 0 Å². The van der Waals surface area contributed by atoms with Crippen molar-refractivity contribution in [3.8, 4) is 0 Å². The predicted molar refractivity (Wildman–Crippen MR) is 114 cm³/mol. The summed E-state index contributed by atoms with van der Waals surface area (Å²) < 4.78 is 30.2.